The molecule has 1 aliphatic carbocycles. The van der Waals surface area contributed by atoms with Crippen molar-refractivity contribution in [3.8, 4) is 11.6 Å². The van der Waals surface area contributed by atoms with Crippen LogP contribution >= 0.6 is 11.6 Å². The molecule has 0 radical (unpaired) electrons. The van der Waals surface area contributed by atoms with Crippen molar-refractivity contribution in [2.24, 2.45) is 27.7 Å². The second kappa shape index (κ2) is 8.89. The van der Waals surface area contributed by atoms with Gasteiger partial charge in [-0.25, -0.2) is 4.98 Å². The Morgan fingerprint density at radius 3 is 2.65 bits per heavy atom. The van der Waals surface area contributed by atoms with Gasteiger partial charge in [0.25, 0.3) is 5.84 Å². The summed E-state index contributed by atoms with van der Waals surface area (Å²) >= 11 is 7.02. The van der Waals surface area contributed by atoms with E-state index in [0.717, 1.165) is 46.9 Å². The Balaban J connectivity index is 1.22. The number of ether oxygens (including phenoxy) is 1. The normalized spacial score (nSPS) is 26.6. The molecule has 1 aromatic heterocycles. The first-order valence-corrected chi connectivity index (χ1v) is 13.2. The van der Waals surface area contributed by atoms with Crippen LogP contribution in [0.4, 0.5) is 0 Å². The number of hydrogen-bond donors (Lipinski definition) is 1. The largest absolute Gasteiger partial charge is 0.439 e. The third-order valence-corrected chi connectivity index (χ3v) is 8.27. The lowest BCUT2D eigenvalue weighted by molar-refractivity contribution is -0.750. The topological polar surface area (TPSA) is 76.1 Å². The summed E-state index contributed by atoms with van der Waals surface area (Å²) < 4.78 is 5.93. The van der Waals surface area contributed by atoms with Crippen molar-refractivity contribution in [1.29, 1.82) is 0 Å². The van der Waals surface area contributed by atoms with Gasteiger partial charge in [-0.1, -0.05) is 35.9 Å². The van der Waals surface area contributed by atoms with Crippen LogP contribution in [0.2, 0.25) is 5.02 Å². The summed E-state index contributed by atoms with van der Waals surface area (Å²) in [5.41, 5.74) is 3.39. The van der Waals surface area contributed by atoms with E-state index in [2.05, 4.69) is 9.89 Å². The highest BCUT2D eigenvalue weighted by Gasteiger charge is 2.48. The third kappa shape index (κ3) is 3.90. The van der Waals surface area contributed by atoms with Crippen molar-refractivity contribution in [2.45, 2.75) is 19.3 Å². The Morgan fingerprint density at radius 1 is 1.05 bits per heavy atom. The predicted octanol–water partition coefficient (Wildman–Crippen LogP) is 5.63. The Morgan fingerprint density at radius 2 is 1.86 bits per heavy atom. The zero-order valence-corrected chi connectivity index (χ0v) is 21.2. The molecular formula is C29H28ClN6O+. The minimum absolute atomic E-state index is 0.0302. The predicted molar refractivity (Wildman–Crippen MR) is 146 cm³/mol. The van der Waals surface area contributed by atoms with Crippen LogP contribution in [0.1, 0.15) is 24.8 Å². The van der Waals surface area contributed by atoms with Crippen LogP contribution < -0.4 is 10.6 Å². The number of nitrogens with two attached hydrogens (primary N) is 1. The van der Waals surface area contributed by atoms with E-state index in [9.17, 15) is 0 Å². The Hall–Kier alpha value is -3.36. The van der Waals surface area contributed by atoms with E-state index in [1.807, 2.05) is 67.0 Å². The number of allylic oxidation sites excluding steroid dienone is 2. The number of nitrogens with zero attached hydrogens (tertiary/aromatic N) is 5. The summed E-state index contributed by atoms with van der Waals surface area (Å²) in [5, 5.41) is 1.44. The second-order valence-corrected chi connectivity index (χ2v) is 10.7. The molecule has 37 heavy (non-hydrogen) atoms. The van der Waals surface area contributed by atoms with E-state index in [4.69, 9.17) is 32.2 Å². The molecule has 4 heterocycles. The quantitative estimate of drug-likeness (QED) is 0.344. The summed E-state index contributed by atoms with van der Waals surface area (Å²) in [6.45, 7) is 3.68. The number of pyridine rings is 1. The molecule has 186 valence electrons. The standard InChI is InChI=1S/C29H28ClN6O/c30-26-23(9-7-20-8-10-25(33-28(20)26)37-22-5-2-1-3-6-22)29-34-27(24-17-32-11-14-36(24,29)31)21-15-19(16-21)18-35-12-4-13-35/h1-3,5-11,14,17,19,21H,4,12-13,15-16,18,31H2/q+1. The van der Waals surface area contributed by atoms with Gasteiger partial charge in [0, 0.05) is 23.9 Å². The molecule has 1 atom stereocenters. The molecule has 2 aromatic carbocycles. The number of benzene rings is 2. The van der Waals surface area contributed by atoms with Gasteiger partial charge in [-0.3, -0.25) is 4.99 Å². The smallest absolute Gasteiger partial charge is 0.266 e. The monoisotopic (exact) mass is 511 g/mol. The first-order chi connectivity index (χ1) is 18.1. The fourth-order valence-corrected chi connectivity index (χ4v) is 6.00. The molecule has 1 saturated heterocycles. The van der Waals surface area contributed by atoms with Gasteiger partial charge in [-0.05, 0) is 62.5 Å². The van der Waals surface area contributed by atoms with Gasteiger partial charge in [0.05, 0.1) is 28.5 Å². The van der Waals surface area contributed by atoms with E-state index in [1.165, 1.54) is 26.1 Å². The van der Waals surface area contributed by atoms with Crippen molar-refractivity contribution in [1.82, 2.24) is 9.88 Å². The van der Waals surface area contributed by atoms with Crippen molar-refractivity contribution < 1.29 is 9.33 Å². The first-order valence-electron chi connectivity index (χ1n) is 12.9. The van der Waals surface area contributed by atoms with Crippen molar-refractivity contribution in [3.63, 3.8) is 0 Å². The molecule has 0 bridgehead atoms. The van der Waals surface area contributed by atoms with E-state index >= 15 is 0 Å². The number of halogens is 1. The molecule has 0 amide bonds. The number of fused-ring (bicyclic) bond motifs is 2. The molecule has 2 N–H and O–H groups in total. The number of para-hydroxylation sites is 1. The van der Waals surface area contributed by atoms with E-state index in [-0.39, 0.29) is 4.59 Å². The Labute approximate surface area is 220 Å². The molecule has 4 aliphatic rings. The lowest BCUT2D eigenvalue weighted by Crippen LogP contribution is -2.53. The van der Waals surface area contributed by atoms with E-state index in [0.29, 0.717) is 28.2 Å². The summed E-state index contributed by atoms with van der Waals surface area (Å²) in [7, 11) is 0. The summed E-state index contributed by atoms with van der Waals surface area (Å²) in [6.07, 6.45) is 9.06. The fourth-order valence-electron chi connectivity index (χ4n) is 5.70. The zero-order valence-electron chi connectivity index (χ0n) is 20.4. The van der Waals surface area contributed by atoms with Gasteiger partial charge >= 0.3 is 0 Å². The van der Waals surface area contributed by atoms with Gasteiger partial charge < -0.3 is 9.64 Å². The molecule has 0 spiro atoms. The maximum Gasteiger partial charge on any atom is 0.266 e. The Bertz CT molecular complexity index is 1500. The molecule has 8 heteroatoms. The third-order valence-electron chi connectivity index (χ3n) is 7.89. The van der Waals surface area contributed by atoms with Crippen LogP contribution in [-0.2, 0) is 0 Å². The molecule has 3 aliphatic heterocycles. The lowest BCUT2D eigenvalue weighted by Gasteiger charge is -2.41. The number of hydrogen-bond acceptors (Lipinski definition) is 6. The zero-order chi connectivity index (χ0) is 25.0. The van der Waals surface area contributed by atoms with Crippen LogP contribution in [0.15, 0.2) is 88.4 Å². The van der Waals surface area contributed by atoms with Crippen LogP contribution in [0.25, 0.3) is 10.9 Å². The molecule has 2 fully saturated rings. The average molecular weight is 512 g/mol. The first kappa shape index (κ1) is 22.8. The van der Waals surface area contributed by atoms with Crippen molar-refractivity contribution in [2.75, 3.05) is 19.6 Å². The molecule has 3 aromatic rings. The van der Waals surface area contributed by atoms with E-state index in [1.54, 1.807) is 6.20 Å². The highest BCUT2D eigenvalue weighted by atomic mass is 35.5. The van der Waals surface area contributed by atoms with Gasteiger partial charge in [0.15, 0.2) is 0 Å². The Kier molecular flexibility index (Phi) is 5.48. The van der Waals surface area contributed by atoms with Gasteiger partial charge in [-0.2, -0.15) is 10.8 Å². The maximum absolute atomic E-state index is 7.02. The number of aromatic nitrogens is 1. The van der Waals surface area contributed by atoms with Crippen LogP contribution in [0.3, 0.4) is 0 Å². The minimum atomic E-state index is -0.0302. The summed E-state index contributed by atoms with van der Waals surface area (Å²) in [6, 6.07) is 17.4. The van der Waals surface area contributed by atoms with Gasteiger partial charge in [0.2, 0.25) is 11.6 Å². The van der Waals surface area contributed by atoms with E-state index < -0.39 is 0 Å². The number of quaternary nitrogens is 1. The minimum Gasteiger partial charge on any atom is -0.439 e. The summed E-state index contributed by atoms with van der Waals surface area (Å²) in [5.74, 6) is 10.0. The molecular weight excluding hydrogens is 484 g/mol. The lowest BCUT2D eigenvalue weighted by atomic mass is 9.72. The average Bonchev–Trinajstić information content (AvgIpc) is 3.16. The van der Waals surface area contributed by atoms with Crippen molar-refractivity contribution in [3.05, 3.63) is 89.0 Å². The van der Waals surface area contributed by atoms with Crippen molar-refractivity contribution >= 4 is 34.6 Å². The number of aliphatic imine (C=N–C) groups is 2. The number of amidine groups is 1. The van der Waals surface area contributed by atoms with Crippen LogP contribution in [0.5, 0.6) is 11.6 Å². The van der Waals surface area contributed by atoms with Crippen LogP contribution in [0, 0.1) is 11.8 Å². The fraction of sp³-hybridized carbons (Fsp3) is 0.276. The SMILES string of the molecule is N[N+]12C=CN=CC1=C(C1CC(CN3CCC3)C1)N=C2c1ccc2ccc(Oc3ccccc3)nc2c1Cl. The second-order valence-electron chi connectivity index (χ2n) is 10.3. The highest BCUT2D eigenvalue weighted by molar-refractivity contribution is 6.38. The molecule has 1 unspecified atom stereocenters. The molecule has 1 saturated carbocycles. The highest BCUT2D eigenvalue weighted by Crippen LogP contribution is 2.46. The van der Waals surface area contributed by atoms with Gasteiger partial charge in [-0.15, -0.1) is 4.59 Å². The maximum atomic E-state index is 7.02. The van der Waals surface area contributed by atoms with Gasteiger partial charge in [0.1, 0.15) is 17.6 Å². The number of rotatable bonds is 6. The summed E-state index contributed by atoms with van der Waals surface area (Å²) in [4.78, 5) is 16.8. The number of likely N-dealkylation sites (tertiary alicyclic amines) is 1. The van der Waals surface area contributed by atoms with Crippen LogP contribution in [-0.4, -0.2) is 46.2 Å². The molecule has 7 rings (SSSR count). The molecule has 7 nitrogen and oxygen atoms in total.